The highest BCUT2D eigenvalue weighted by molar-refractivity contribution is 4.88. The second-order valence-electron chi connectivity index (χ2n) is 5.90. The third-order valence-corrected chi connectivity index (χ3v) is 4.29. The molecule has 3 heteroatoms. The molecule has 0 aromatic heterocycles. The molecule has 2 rings (SSSR count). The lowest BCUT2D eigenvalue weighted by Gasteiger charge is -2.31. The summed E-state index contributed by atoms with van der Waals surface area (Å²) in [6, 6.07) is 0.704. The van der Waals surface area contributed by atoms with Gasteiger partial charge in [-0.3, -0.25) is 0 Å². The van der Waals surface area contributed by atoms with E-state index in [9.17, 15) is 5.11 Å². The molecule has 16 heavy (non-hydrogen) atoms. The molecule has 94 valence electrons. The molecular weight excluding hydrogens is 200 g/mol. The van der Waals surface area contributed by atoms with Gasteiger partial charge in [-0.1, -0.05) is 12.8 Å². The highest BCUT2D eigenvalue weighted by atomic mass is 16.3. The number of aliphatic hydroxyl groups is 1. The van der Waals surface area contributed by atoms with Crippen LogP contribution in [0.2, 0.25) is 0 Å². The Morgan fingerprint density at radius 2 is 2.00 bits per heavy atom. The quantitative estimate of drug-likeness (QED) is 0.783. The van der Waals surface area contributed by atoms with E-state index in [0.29, 0.717) is 6.04 Å². The molecule has 3 nitrogen and oxygen atoms in total. The Morgan fingerprint density at radius 1 is 1.31 bits per heavy atom. The molecule has 1 N–H and O–H groups in total. The van der Waals surface area contributed by atoms with Crippen LogP contribution in [0.25, 0.3) is 0 Å². The summed E-state index contributed by atoms with van der Waals surface area (Å²) in [4.78, 5) is 4.78. The van der Waals surface area contributed by atoms with Crippen molar-refractivity contribution in [2.24, 2.45) is 0 Å². The fourth-order valence-electron chi connectivity index (χ4n) is 3.33. The minimum atomic E-state index is -0.383. The fourth-order valence-corrected chi connectivity index (χ4v) is 3.33. The third kappa shape index (κ3) is 2.96. The van der Waals surface area contributed by atoms with Gasteiger partial charge in [-0.2, -0.15) is 0 Å². The maximum absolute atomic E-state index is 10.3. The zero-order valence-electron chi connectivity index (χ0n) is 10.8. The Hall–Kier alpha value is -0.120. The molecule has 1 aliphatic heterocycles. The Kier molecular flexibility index (Phi) is 3.88. The summed E-state index contributed by atoms with van der Waals surface area (Å²) in [6.45, 7) is 3.21. The first-order chi connectivity index (χ1) is 7.59. The summed E-state index contributed by atoms with van der Waals surface area (Å²) in [6.07, 6.45) is 7.05. The van der Waals surface area contributed by atoms with E-state index in [0.717, 1.165) is 25.9 Å². The molecule has 1 saturated heterocycles. The van der Waals surface area contributed by atoms with Crippen molar-refractivity contribution in [3.63, 3.8) is 0 Å². The third-order valence-electron chi connectivity index (χ3n) is 4.29. The minimum Gasteiger partial charge on any atom is -0.389 e. The molecule has 1 saturated carbocycles. The molecule has 1 unspecified atom stereocenters. The Balaban J connectivity index is 1.77. The van der Waals surface area contributed by atoms with Crippen LogP contribution >= 0.6 is 0 Å². The van der Waals surface area contributed by atoms with Crippen molar-refractivity contribution < 1.29 is 5.11 Å². The second-order valence-corrected chi connectivity index (χ2v) is 5.90. The number of likely N-dealkylation sites (N-methyl/N-ethyl adjacent to an activating group) is 2. The molecule has 2 fully saturated rings. The average molecular weight is 226 g/mol. The van der Waals surface area contributed by atoms with Crippen molar-refractivity contribution in [3.8, 4) is 0 Å². The van der Waals surface area contributed by atoms with Gasteiger partial charge in [0.1, 0.15) is 0 Å². The lowest BCUT2D eigenvalue weighted by atomic mass is 10.0. The molecule has 1 aliphatic carbocycles. The summed E-state index contributed by atoms with van der Waals surface area (Å²) in [5, 5.41) is 10.3. The minimum absolute atomic E-state index is 0.383. The van der Waals surface area contributed by atoms with Crippen LogP contribution in [0.5, 0.6) is 0 Å². The maximum Gasteiger partial charge on any atom is 0.0774 e. The van der Waals surface area contributed by atoms with Gasteiger partial charge in [-0.15, -0.1) is 0 Å². The summed E-state index contributed by atoms with van der Waals surface area (Å²) in [7, 11) is 4.37. The van der Waals surface area contributed by atoms with Gasteiger partial charge in [0.15, 0.2) is 0 Å². The van der Waals surface area contributed by atoms with Gasteiger partial charge in [0.05, 0.1) is 5.60 Å². The van der Waals surface area contributed by atoms with Gasteiger partial charge >= 0.3 is 0 Å². The van der Waals surface area contributed by atoms with Gasteiger partial charge in [-0.25, -0.2) is 0 Å². The topological polar surface area (TPSA) is 26.7 Å². The van der Waals surface area contributed by atoms with Crippen molar-refractivity contribution >= 4 is 0 Å². The van der Waals surface area contributed by atoms with Crippen LogP contribution in [0.4, 0.5) is 0 Å². The first-order valence-corrected chi connectivity index (χ1v) is 6.70. The van der Waals surface area contributed by atoms with Crippen LogP contribution in [0.1, 0.15) is 38.5 Å². The molecule has 1 atom stereocenters. The molecule has 0 radical (unpaired) electrons. The van der Waals surface area contributed by atoms with Crippen molar-refractivity contribution in [1.29, 1.82) is 0 Å². The predicted molar refractivity (Wildman–Crippen MR) is 66.6 cm³/mol. The zero-order chi connectivity index (χ0) is 11.6. The van der Waals surface area contributed by atoms with Crippen LogP contribution in [-0.4, -0.2) is 60.3 Å². The monoisotopic (exact) mass is 226 g/mol. The first-order valence-electron chi connectivity index (χ1n) is 6.70. The van der Waals surface area contributed by atoms with E-state index in [-0.39, 0.29) is 5.60 Å². The van der Waals surface area contributed by atoms with Crippen molar-refractivity contribution in [3.05, 3.63) is 0 Å². The average Bonchev–Trinajstić information content (AvgIpc) is 2.77. The first kappa shape index (κ1) is 12.3. The van der Waals surface area contributed by atoms with Crippen LogP contribution in [0, 0.1) is 0 Å². The summed E-state index contributed by atoms with van der Waals surface area (Å²) >= 11 is 0. The van der Waals surface area contributed by atoms with Crippen molar-refractivity contribution in [2.45, 2.75) is 50.2 Å². The summed E-state index contributed by atoms with van der Waals surface area (Å²) in [5.41, 5.74) is -0.383. The largest absolute Gasteiger partial charge is 0.389 e. The highest BCUT2D eigenvalue weighted by Crippen LogP contribution is 2.30. The van der Waals surface area contributed by atoms with Gasteiger partial charge in [0.25, 0.3) is 0 Å². The van der Waals surface area contributed by atoms with Crippen molar-refractivity contribution in [1.82, 2.24) is 9.80 Å². The number of hydrogen-bond acceptors (Lipinski definition) is 3. The second kappa shape index (κ2) is 5.03. The number of likely N-dealkylation sites (tertiary alicyclic amines) is 1. The summed E-state index contributed by atoms with van der Waals surface area (Å²) in [5.74, 6) is 0. The van der Waals surface area contributed by atoms with E-state index in [1.807, 2.05) is 0 Å². The smallest absolute Gasteiger partial charge is 0.0774 e. The van der Waals surface area contributed by atoms with E-state index in [1.165, 1.54) is 32.2 Å². The predicted octanol–water partition coefficient (Wildman–Crippen LogP) is 1.32. The van der Waals surface area contributed by atoms with Crippen LogP contribution in [-0.2, 0) is 0 Å². The van der Waals surface area contributed by atoms with Crippen molar-refractivity contribution in [2.75, 3.05) is 33.7 Å². The lowest BCUT2D eigenvalue weighted by molar-refractivity contribution is 0.0120. The lowest BCUT2D eigenvalue weighted by Crippen LogP contribution is -2.44. The molecule has 1 heterocycles. The maximum atomic E-state index is 10.3. The van der Waals surface area contributed by atoms with Gasteiger partial charge < -0.3 is 14.9 Å². The Labute approximate surface area is 99.4 Å². The molecule has 0 amide bonds. The van der Waals surface area contributed by atoms with Crippen LogP contribution in [0.15, 0.2) is 0 Å². The van der Waals surface area contributed by atoms with E-state index in [1.54, 1.807) is 0 Å². The fraction of sp³-hybridized carbons (Fsp3) is 1.00. The van der Waals surface area contributed by atoms with E-state index < -0.39 is 0 Å². The van der Waals surface area contributed by atoms with Gasteiger partial charge in [-0.05, 0) is 46.3 Å². The highest BCUT2D eigenvalue weighted by Gasteiger charge is 2.33. The molecule has 2 aliphatic rings. The van der Waals surface area contributed by atoms with Crippen LogP contribution in [0.3, 0.4) is 0 Å². The van der Waals surface area contributed by atoms with Gasteiger partial charge in [0.2, 0.25) is 0 Å². The number of rotatable bonds is 4. The van der Waals surface area contributed by atoms with E-state index in [4.69, 9.17) is 0 Å². The molecule has 0 aromatic rings. The zero-order valence-corrected chi connectivity index (χ0v) is 10.8. The molecule has 0 bridgehead atoms. The Morgan fingerprint density at radius 3 is 2.56 bits per heavy atom. The van der Waals surface area contributed by atoms with E-state index in [2.05, 4.69) is 23.9 Å². The number of hydrogen-bond donors (Lipinski definition) is 1. The Bertz CT molecular complexity index is 226. The van der Waals surface area contributed by atoms with E-state index >= 15 is 0 Å². The molecule has 0 aromatic carbocycles. The number of nitrogens with zero attached hydrogens (tertiary/aromatic N) is 2. The normalized spacial score (nSPS) is 30.4. The standard InChI is InChI=1S/C13H26N2O/c1-14(10-12-6-5-9-15(12)2)11-13(16)7-3-4-8-13/h12,16H,3-11H2,1-2H3. The SMILES string of the molecule is CN(CC1CCCN1C)CC1(O)CCCC1. The molecule has 0 spiro atoms. The summed E-state index contributed by atoms with van der Waals surface area (Å²) < 4.78 is 0. The van der Waals surface area contributed by atoms with Crippen LogP contribution < -0.4 is 0 Å². The molecular formula is C13H26N2O. The van der Waals surface area contributed by atoms with Gasteiger partial charge in [0, 0.05) is 19.1 Å².